The number of hydrogen-bond donors (Lipinski definition) is 0. The molecule has 54 heavy (non-hydrogen) atoms. The first-order valence-corrected chi connectivity index (χ1v) is 19.5. The molecule has 0 aromatic heterocycles. The molecule has 0 aliphatic heterocycles. The summed E-state index contributed by atoms with van der Waals surface area (Å²) in [4.78, 5) is 2.49. The fraction of sp³-hybridized carbons (Fsp3) is 0.132. The van der Waals surface area contributed by atoms with E-state index in [0.29, 0.717) is 0 Å². The van der Waals surface area contributed by atoms with Crippen LogP contribution in [-0.2, 0) is 18.3 Å². The summed E-state index contributed by atoms with van der Waals surface area (Å²) in [7, 11) is 0. The molecule has 0 saturated carbocycles. The molecule has 2 aliphatic rings. The van der Waals surface area contributed by atoms with Gasteiger partial charge in [-0.3, -0.25) is 0 Å². The minimum absolute atomic E-state index is 0.108. The third-order valence-electron chi connectivity index (χ3n) is 12.0. The monoisotopic (exact) mass is 693 g/mol. The molecular formula is C53H43N. The van der Waals surface area contributed by atoms with E-state index in [1.807, 2.05) is 0 Å². The molecule has 1 heteroatoms. The predicted octanol–water partition coefficient (Wildman–Crippen LogP) is 14.5. The second kappa shape index (κ2) is 13.0. The first-order valence-electron chi connectivity index (χ1n) is 19.5. The molecule has 0 atom stereocenters. The SMILES string of the molecule is CC1(C)c2ccccc2-c2ccc(N(c3ccc(-c4ccc5c(c4)CCCC5)cc3)c3cc4ccccc4cc3-c3ccc(-c4ccccc4)cc3)cc21. The van der Waals surface area contributed by atoms with E-state index < -0.39 is 0 Å². The Hall–Kier alpha value is -6.18. The largest absolute Gasteiger partial charge is 0.310 e. The minimum Gasteiger partial charge on any atom is -0.310 e. The summed E-state index contributed by atoms with van der Waals surface area (Å²) in [6, 6.07) is 65.7. The second-order valence-electron chi connectivity index (χ2n) is 15.6. The van der Waals surface area contributed by atoms with Gasteiger partial charge in [-0.1, -0.05) is 153 Å². The summed E-state index contributed by atoms with van der Waals surface area (Å²) in [6.45, 7) is 4.74. The van der Waals surface area contributed by atoms with Crippen LogP contribution in [0, 0.1) is 0 Å². The van der Waals surface area contributed by atoms with Gasteiger partial charge in [-0.25, -0.2) is 0 Å². The van der Waals surface area contributed by atoms with E-state index in [0.717, 1.165) is 17.1 Å². The molecule has 8 aromatic rings. The third-order valence-corrected chi connectivity index (χ3v) is 12.0. The van der Waals surface area contributed by atoms with Crippen LogP contribution in [-0.4, -0.2) is 0 Å². The number of benzene rings is 8. The first kappa shape index (κ1) is 32.5. The number of rotatable bonds is 6. The molecule has 0 radical (unpaired) electrons. The minimum atomic E-state index is -0.108. The van der Waals surface area contributed by atoms with Crippen LogP contribution in [0.5, 0.6) is 0 Å². The van der Waals surface area contributed by atoms with Crippen LogP contribution < -0.4 is 4.90 Å². The molecule has 1 nitrogen and oxygen atoms in total. The molecule has 0 N–H and O–H groups in total. The molecule has 0 saturated heterocycles. The van der Waals surface area contributed by atoms with Crippen LogP contribution in [0.1, 0.15) is 48.9 Å². The van der Waals surface area contributed by atoms with E-state index >= 15 is 0 Å². The van der Waals surface area contributed by atoms with Crippen molar-refractivity contribution in [1.29, 1.82) is 0 Å². The molecule has 0 fully saturated rings. The zero-order valence-corrected chi connectivity index (χ0v) is 31.0. The molecule has 0 unspecified atom stereocenters. The van der Waals surface area contributed by atoms with E-state index in [-0.39, 0.29) is 5.41 Å². The van der Waals surface area contributed by atoms with Gasteiger partial charge in [0.25, 0.3) is 0 Å². The van der Waals surface area contributed by atoms with E-state index in [4.69, 9.17) is 0 Å². The highest BCUT2D eigenvalue weighted by Gasteiger charge is 2.36. The van der Waals surface area contributed by atoms with Crippen LogP contribution in [0.15, 0.2) is 176 Å². The fourth-order valence-corrected chi connectivity index (χ4v) is 9.09. The number of hydrogen-bond acceptors (Lipinski definition) is 1. The average molecular weight is 694 g/mol. The predicted molar refractivity (Wildman–Crippen MR) is 229 cm³/mol. The molecule has 2 aliphatic carbocycles. The second-order valence-corrected chi connectivity index (χ2v) is 15.6. The highest BCUT2D eigenvalue weighted by molar-refractivity contribution is 5.99. The molecule has 260 valence electrons. The van der Waals surface area contributed by atoms with E-state index in [1.165, 1.54) is 103 Å². The first-order chi connectivity index (χ1) is 26.5. The summed E-state index contributed by atoms with van der Waals surface area (Å²) >= 11 is 0. The molecule has 0 amide bonds. The average Bonchev–Trinajstić information content (AvgIpc) is 3.46. The van der Waals surface area contributed by atoms with Crippen molar-refractivity contribution in [2.75, 3.05) is 4.90 Å². The zero-order valence-electron chi connectivity index (χ0n) is 31.0. The Morgan fingerprint density at radius 1 is 0.389 bits per heavy atom. The number of nitrogens with zero attached hydrogens (tertiary/aromatic N) is 1. The van der Waals surface area contributed by atoms with Crippen molar-refractivity contribution in [1.82, 2.24) is 0 Å². The maximum atomic E-state index is 2.49. The van der Waals surface area contributed by atoms with Crippen molar-refractivity contribution < 1.29 is 0 Å². The summed E-state index contributed by atoms with van der Waals surface area (Å²) in [6.07, 6.45) is 4.98. The van der Waals surface area contributed by atoms with Crippen molar-refractivity contribution in [2.45, 2.75) is 44.9 Å². The number of anilines is 3. The van der Waals surface area contributed by atoms with Gasteiger partial charge in [-0.15, -0.1) is 0 Å². The molecule has 0 spiro atoms. The Balaban J connectivity index is 1.15. The van der Waals surface area contributed by atoms with Crippen LogP contribution in [0.2, 0.25) is 0 Å². The van der Waals surface area contributed by atoms with Gasteiger partial charge in [0.15, 0.2) is 0 Å². The Bertz CT molecular complexity index is 2660. The summed E-state index contributed by atoms with van der Waals surface area (Å²) in [5.41, 5.74) is 19.2. The van der Waals surface area contributed by atoms with Crippen molar-refractivity contribution in [2.24, 2.45) is 0 Å². The van der Waals surface area contributed by atoms with E-state index in [9.17, 15) is 0 Å². The summed E-state index contributed by atoms with van der Waals surface area (Å²) in [5.74, 6) is 0. The van der Waals surface area contributed by atoms with Crippen molar-refractivity contribution in [3.05, 3.63) is 198 Å². The van der Waals surface area contributed by atoms with E-state index in [1.54, 1.807) is 0 Å². The summed E-state index contributed by atoms with van der Waals surface area (Å²) < 4.78 is 0. The Labute approximate surface area is 319 Å². The number of fused-ring (bicyclic) bond motifs is 5. The van der Waals surface area contributed by atoms with Crippen molar-refractivity contribution >= 4 is 27.8 Å². The number of aryl methyl sites for hydroxylation is 2. The van der Waals surface area contributed by atoms with Gasteiger partial charge < -0.3 is 4.90 Å². The van der Waals surface area contributed by atoms with Crippen LogP contribution in [0.4, 0.5) is 17.1 Å². The highest BCUT2D eigenvalue weighted by atomic mass is 15.1. The van der Waals surface area contributed by atoms with Gasteiger partial charge in [-0.2, -0.15) is 0 Å². The Morgan fingerprint density at radius 2 is 0.963 bits per heavy atom. The maximum Gasteiger partial charge on any atom is 0.0546 e. The normalized spacial score (nSPS) is 14.0. The summed E-state index contributed by atoms with van der Waals surface area (Å²) in [5, 5.41) is 2.46. The Morgan fingerprint density at radius 3 is 1.76 bits per heavy atom. The van der Waals surface area contributed by atoms with Gasteiger partial charge in [0.1, 0.15) is 0 Å². The lowest BCUT2D eigenvalue weighted by atomic mass is 9.82. The fourth-order valence-electron chi connectivity index (χ4n) is 9.09. The lowest BCUT2D eigenvalue weighted by molar-refractivity contribution is 0.660. The molecular weight excluding hydrogens is 651 g/mol. The van der Waals surface area contributed by atoms with Crippen molar-refractivity contribution in [3.8, 4) is 44.5 Å². The lowest BCUT2D eigenvalue weighted by Gasteiger charge is -2.30. The van der Waals surface area contributed by atoms with E-state index in [2.05, 4.69) is 195 Å². The van der Waals surface area contributed by atoms with Gasteiger partial charge >= 0.3 is 0 Å². The topological polar surface area (TPSA) is 3.24 Å². The molecule has 8 aromatic carbocycles. The zero-order chi connectivity index (χ0) is 36.2. The molecule has 0 heterocycles. The highest BCUT2D eigenvalue weighted by Crippen LogP contribution is 2.51. The van der Waals surface area contributed by atoms with Gasteiger partial charge in [-0.05, 0) is 134 Å². The quantitative estimate of drug-likeness (QED) is 0.168. The maximum absolute atomic E-state index is 2.49. The standard InChI is InChI=1S/C53H43N/c1-53(2)50-19-11-10-18-47(50)48-31-30-46(35-51(48)53)54(45-28-26-39(27-29-45)44-25-22-37-14-6-7-15-41(37)32-44)52-34-43-17-9-8-16-42(43)33-49(52)40-23-20-38(21-24-40)36-12-4-3-5-13-36/h3-5,8-13,16-35H,6-7,14-15H2,1-2H3. The van der Waals surface area contributed by atoms with Crippen LogP contribution in [0.25, 0.3) is 55.3 Å². The smallest absolute Gasteiger partial charge is 0.0546 e. The van der Waals surface area contributed by atoms with Crippen LogP contribution in [0.3, 0.4) is 0 Å². The van der Waals surface area contributed by atoms with Crippen molar-refractivity contribution in [3.63, 3.8) is 0 Å². The molecule has 0 bridgehead atoms. The molecule has 10 rings (SSSR count). The van der Waals surface area contributed by atoms with Gasteiger partial charge in [0, 0.05) is 22.4 Å². The Kier molecular flexibility index (Phi) is 7.84. The third kappa shape index (κ3) is 5.55. The lowest BCUT2D eigenvalue weighted by Crippen LogP contribution is -2.17. The van der Waals surface area contributed by atoms with Gasteiger partial charge in [0.2, 0.25) is 0 Å². The van der Waals surface area contributed by atoms with Crippen LogP contribution >= 0.6 is 0 Å². The van der Waals surface area contributed by atoms with Gasteiger partial charge in [0.05, 0.1) is 5.69 Å².